The van der Waals surface area contributed by atoms with Gasteiger partial charge in [0.1, 0.15) is 17.1 Å². The van der Waals surface area contributed by atoms with Gasteiger partial charge in [0.2, 0.25) is 0 Å². The molecule has 0 unspecified atom stereocenters. The van der Waals surface area contributed by atoms with Gasteiger partial charge in [0, 0.05) is 11.6 Å². The molecule has 4 heteroatoms. The predicted octanol–water partition coefficient (Wildman–Crippen LogP) is 4.19. The number of phenols is 1. The zero-order valence-electron chi connectivity index (χ0n) is 13.8. The third-order valence-corrected chi connectivity index (χ3v) is 3.87. The molecule has 0 atom stereocenters. The standard InChI is InChI=1S/C19H20O4/c1-11(2)5-6-13-16(21)12-7-8-15(20)22-17(12)14-9-10-19(3,4)23-18(13)14/h5,7-10,21H,6H2,1-4H3. The number of ether oxygens (including phenoxy) is 1. The molecule has 1 aliphatic heterocycles. The Labute approximate surface area is 134 Å². The summed E-state index contributed by atoms with van der Waals surface area (Å²) >= 11 is 0. The Morgan fingerprint density at radius 3 is 2.74 bits per heavy atom. The van der Waals surface area contributed by atoms with Crippen LogP contribution in [-0.4, -0.2) is 10.7 Å². The number of rotatable bonds is 2. The number of allylic oxidation sites excluding steroid dienone is 2. The first-order valence-corrected chi connectivity index (χ1v) is 7.62. The number of benzene rings is 1. The van der Waals surface area contributed by atoms with Crippen LogP contribution in [0.4, 0.5) is 0 Å². The van der Waals surface area contributed by atoms with Crippen molar-refractivity contribution in [3.63, 3.8) is 0 Å². The normalized spacial score (nSPS) is 15.1. The van der Waals surface area contributed by atoms with E-state index in [4.69, 9.17) is 9.15 Å². The van der Waals surface area contributed by atoms with Crippen molar-refractivity contribution in [1.82, 2.24) is 0 Å². The second-order valence-electron chi connectivity index (χ2n) is 6.59. The molecule has 1 N–H and O–H groups in total. The molecule has 23 heavy (non-hydrogen) atoms. The van der Waals surface area contributed by atoms with Gasteiger partial charge >= 0.3 is 5.63 Å². The van der Waals surface area contributed by atoms with Crippen molar-refractivity contribution in [3.8, 4) is 11.5 Å². The van der Waals surface area contributed by atoms with Gasteiger partial charge in [0.05, 0.1) is 10.9 Å². The summed E-state index contributed by atoms with van der Waals surface area (Å²) in [4.78, 5) is 11.6. The van der Waals surface area contributed by atoms with Gasteiger partial charge < -0.3 is 14.3 Å². The van der Waals surface area contributed by atoms with Crippen LogP contribution >= 0.6 is 0 Å². The Bertz CT molecular complexity index is 894. The topological polar surface area (TPSA) is 59.7 Å². The van der Waals surface area contributed by atoms with E-state index in [1.54, 1.807) is 6.07 Å². The molecule has 120 valence electrons. The highest BCUT2D eigenvalue weighted by atomic mass is 16.5. The van der Waals surface area contributed by atoms with Crippen molar-refractivity contribution in [1.29, 1.82) is 0 Å². The minimum absolute atomic E-state index is 0.103. The average molecular weight is 312 g/mol. The van der Waals surface area contributed by atoms with Crippen LogP contribution in [0.15, 0.2) is 39.1 Å². The van der Waals surface area contributed by atoms with Crippen molar-refractivity contribution in [2.45, 2.75) is 39.7 Å². The lowest BCUT2D eigenvalue weighted by atomic mass is 9.95. The monoisotopic (exact) mass is 312 g/mol. The van der Waals surface area contributed by atoms with Crippen LogP contribution in [0.5, 0.6) is 11.5 Å². The predicted molar refractivity (Wildman–Crippen MR) is 91.0 cm³/mol. The van der Waals surface area contributed by atoms with Gasteiger partial charge in [0.15, 0.2) is 5.58 Å². The highest BCUT2D eigenvalue weighted by molar-refractivity contribution is 5.95. The van der Waals surface area contributed by atoms with Crippen LogP contribution < -0.4 is 10.4 Å². The Morgan fingerprint density at radius 1 is 1.30 bits per heavy atom. The number of hydrogen-bond acceptors (Lipinski definition) is 4. The summed E-state index contributed by atoms with van der Waals surface area (Å²) in [7, 11) is 0. The fourth-order valence-corrected chi connectivity index (χ4v) is 2.68. The van der Waals surface area contributed by atoms with Crippen LogP contribution in [0.3, 0.4) is 0 Å². The quantitative estimate of drug-likeness (QED) is 0.667. The van der Waals surface area contributed by atoms with E-state index < -0.39 is 11.2 Å². The molecule has 0 amide bonds. The largest absolute Gasteiger partial charge is 0.507 e. The summed E-state index contributed by atoms with van der Waals surface area (Å²) < 4.78 is 11.4. The highest BCUT2D eigenvalue weighted by Gasteiger charge is 2.28. The number of phenolic OH excluding ortho intramolecular Hbond substituents is 1. The first kappa shape index (κ1) is 15.4. The molecular weight excluding hydrogens is 292 g/mol. The third kappa shape index (κ3) is 2.77. The summed E-state index contributed by atoms with van der Waals surface area (Å²) in [6.45, 7) is 7.90. The molecule has 2 aromatic rings. The number of aromatic hydroxyl groups is 1. The lowest BCUT2D eigenvalue weighted by molar-refractivity contribution is 0.157. The van der Waals surface area contributed by atoms with Crippen LogP contribution in [0, 0.1) is 0 Å². The zero-order valence-corrected chi connectivity index (χ0v) is 13.8. The van der Waals surface area contributed by atoms with Gasteiger partial charge in [-0.15, -0.1) is 0 Å². The van der Waals surface area contributed by atoms with Crippen molar-refractivity contribution >= 4 is 17.0 Å². The second-order valence-corrected chi connectivity index (χ2v) is 6.59. The van der Waals surface area contributed by atoms with E-state index in [1.165, 1.54) is 6.07 Å². The summed E-state index contributed by atoms with van der Waals surface area (Å²) in [6.07, 6.45) is 6.41. The minimum atomic E-state index is -0.484. The summed E-state index contributed by atoms with van der Waals surface area (Å²) in [5.74, 6) is 0.681. The van der Waals surface area contributed by atoms with Crippen LogP contribution in [0.1, 0.15) is 38.8 Å². The maximum absolute atomic E-state index is 11.6. The second kappa shape index (κ2) is 5.30. The van der Waals surface area contributed by atoms with E-state index in [0.717, 1.165) is 5.57 Å². The molecular formula is C19H20O4. The van der Waals surface area contributed by atoms with Crippen LogP contribution in [0.2, 0.25) is 0 Å². The van der Waals surface area contributed by atoms with Crippen molar-refractivity contribution in [2.24, 2.45) is 0 Å². The molecule has 1 aliphatic rings. The van der Waals surface area contributed by atoms with E-state index in [-0.39, 0.29) is 5.75 Å². The van der Waals surface area contributed by atoms with Crippen molar-refractivity contribution < 1.29 is 14.3 Å². The Hall–Kier alpha value is -2.49. The van der Waals surface area contributed by atoms with Crippen LogP contribution in [0.25, 0.3) is 17.0 Å². The molecule has 0 aliphatic carbocycles. The molecule has 0 radical (unpaired) electrons. The minimum Gasteiger partial charge on any atom is -0.507 e. The molecule has 4 nitrogen and oxygen atoms in total. The fourth-order valence-electron chi connectivity index (χ4n) is 2.68. The average Bonchev–Trinajstić information content (AvgIpc) is 2.45. The van der Waals surface area contributed by atoms with E-state index in [0.29, 0.717) is 34.3 Å². The molecule has 1 aromatic carbocycles. The summed E-state index contributed by atoms with van der Waals surface area (Å²) in [5.41, 5.74) is 1.99. The van der Waals surface area contributed by atoms with Gasteiger partial charge in [-0.25, -0.2) is 4.79 Å². The molecule has 0 fully saturated rings. The summed E-state index contributed by atoms with van der Waals surface area (Å²) in [5, 5.41) is 11.2. The van der Waals surface area contributed by atoms with E-state index >= 15 is 0 Å². The Kier molecular flexibility index (Phi) is 3.55. The maximum Gasteiger partial charge on any atom is 0.336 e. The molecule has 0 spiro atoms. The first-order chi connectivity index (χ1) is 10.8. The van der Waals surface area contributed by atoms with Crippen LogP contribution in [-0.2, 0) is 6.42 Å². The van der Waals surface area contributed by atoms with Gasteiger partial charge in [0.25, 0.3) is 0 Å². The fraction of sp³-hybridized carbons (Fsp3) is 0.316. The van der Waals surface area contributed by atoms with E-state index in [1.807, 2.05) is 45.9 Å². The third-order valence-electron chi connectivity index (χ3n) is 3.87. The number of hydrogen-bond donors (Lipinski definition) is 1. The molecule has 0 saturated carbocycles. The first-order valence-electron chi connectivity index (χ1n) is 7.62. The smallest absolute Gasteiger partial charge is 0.336 e. The Balaban J connectivity index is 2.36. The zero-order chi connectivity index (χ0) is 16.8. The van der Waals surface area contributed by atoms with Crippen molar-refractivity contribution in [2.75, 3.05) is 0 Å². The molecule has 0 bridgehead atoms. The molecule has 0 saturated heterocycles. The lowest BCUT2D eigenvalue weighted by Crippen LogP contribution is -2.28. The highest BCUT2D eigenvalue weighted by Crippen LogP contribution is 2.44. The number of fused-ring (bicyclic) bond motifs is 3. The Morgan fingerprint density at radius 2 is 2.04 bits per heavy atom. The summed E-state index contributed by atoms with van der Waals surface area (Å²) in [6, 6.07) is 2.91. The van der Waals surface area contributed by atoms with Gasteiger partial charge in [-0.1, -0.05) is 11.6 Å². The molecule has 3 rings (SSSR count). The molecule has 2 heterocycles. The lowest BCUT2D eigenvalue weighted by Gasteiger charge is -2.30. The SMILES string of the molecule is CC(C)=CCc1c2c(c3oc(=O)ccc3c1O)C=CC(C)(C)O2. The van der Waals surface area contributed by atoms with Gasteiger partial charge in [-0.2, -0.15) is 0 Å². The molecule has 1 aromatic heterocycles. The van der Waals surface area contributed by atoms with Gasteiger partial charge in [-0.05, 0) is 52.3 Å². The van der Waals surface area contributed by atoms with E-state index in [2.05, 4.69) is 0 Å². The van der Waals surface area contributed by atoms with Gasteiger partial charge in [-0.3, -0.25) is 0 Å². The van der Waals surface area contributed by atoms with E-state index in [9.17, 15) is 9.90 Å². The van der Waals surface area contributed by atoms with Crippen molar-refractivity contribution in [3.05, 3.63) is 51.4 Å². The maximum atomic E-state index is 11.6.